The van der Waals surface area contributed by atoms with Gasteiger partial charge in [-0.1, -0.05) is 34.1 Å². The zero-order valence-electron chi connectivity index (χ0n) is 21.3. The van der Waals surface area contributed by atoms with Crippen LogP contribution in [0.3, 0.4) is 0 Å². The van der Waals surface area contributed by atoms with E-state index in [0.29, 0.717) is 47.8 Å². The molecule has 3 aromatic carbocycles. The van der Waals surface area contributed by atoms with Crippen LogP contribution in [0.4, 0.5) is 5.69 Å². The van der Waals surface area contributed by atoms with Crippen LogP contribution in [0.5, 0.6) is 17.2 Å². The Kier molecular flexibility index (Phi) is 9.67. The van der Waals surface area contributed by atoms with Crippen molar-refractivity contribution in [2.45, 2.75) is 26.9 Å². The molecular formula is C30H29BrN2O4S. The molecule has 0 spiro atoms. The molecule has 0 atom stereocenters. The third-order valence-electron chi connectivity index (χ3n) is 5.44. The summed E-state index contributed by atoms with van der Waals surface area (Å²) in [6.07, 6.45) is 4.26. The van der Waals surface area contributed by atoms with E-state index >= 15 is 0 Å². The van der Waals surface area contributed by atoms with Crippen molar-refractivity contribution >= 4 is 50.5 Å². The van der Waals surface area contributed by atoms with Gasteiger partial charge in [0.15, 0.2) is 16.7 Å². The summed E-state index contributed by atoms with van der Waals surface area (Å²) < 4.78 is 18.7. The number of amidine groups is 1. The van der Waals surface area contributed by atoms with Crippen LogP contribution in [0, 0.1) is 0 Å². The largest absolute Gasteiger partial charge is 0.494 e. The Hall–Kier alpha value is -3.49. The SMILES string of the molecule is C=CCc1cc(/C=C2/SC(=Nc3ccc(OCC)cc3)NC2=O)cc(OCC)c1OCc1ccc(Br)cc1. The first-order chi connectivity index (χ1) is 18.5. The predicted molar refractivity (Wildman–Crippen MR) is 158 cm³/mol. The van der Waals surface area contributed by atoms with Gasteiger partial charge in [-0.3, -0.25) is 4.79 Å². The summed E-state index contributed by atoms with van der Waals surface area (Å²) in [5, 5.41) is 3.37. The highest BCUT2D eigenvalue weighted by Gasteiger charge is 2.24. The molecule has 38 heavy (non-hydrogen) atoms. The molecule has 1 aliphatic heterocycles. The molecule has 0 saturated carbocycles. The van der Waals surface area contributed by atoms with E-state index in [-0.39, 0.29) is 5.91 Å². The third kappa shape index (κ3) is 7.30. The fourth-order valence-electron chi connectivity index (χ4n) is 3.77. The topological polar surface area (TPSA) is 69.2 Å². The van der Waals surface area contributed by atoms with Gasteiger partial charge >= 0.3 is 0 Å². The van der Waals surface area contributed by atoms with Gasteiger partial charge in [0.05, 0.1) is 23.8 Å². The van der Waals surface area contributed by atoms with Gasteiger partial charge in [-0.05, 0) is 97.8 Å². The standard InChI is InChI=1S/C30H29BrN2O4S/c1-4-7-22-16-21(17-26(36-6-3)28(22)37-19-20-8-10-23(31)11-9-20)18-27-29(34)33-30(38-27)32-24-12-14-25(15-13-24)35-5-2/h4,8-18H,1,5-7,19H2,2-3H3,(H,32,33,34)/b27-18+. The lowest BCUT2D eigenvalue weighted by Gasteiger charge is -2.17. The number of carbonyl (C=O) groups excluding carboxylic acids is 1. The van der Waals surface area contributed by atoms with Gasteiger partial charge in [0, 0.05) is 10.0 Å². The average Bonchev–Trinajstić information content (AvgIpc) is 3.24. The molecule has 0 aromatic heterocycles. The second-order valence-electron chi connectivity index (χ2n) is 8.26. The van der Waals surface area contributed by atoms with Crippen LogP contribution in [0.15, 0.2) is 87.7 Å². The number of carbonyl (C=O) groups is 1. The number of benzene rings is 3. The first kappa shape index (κ1) is 27.5. The molecule has 3 aromatic rings. The summed E-state index contributed by atoms with van der Waals surface area (Å²) in [5.41, 5.74) is 3.55. The molecule has 196 valence electrons. The molecule has 8 heteroatoms. The van der Waals surface area contributed by atoms with Crippen LogP contribution in [0.1, 0.15) is 30.5 Å². The van der Waals surface area contributed by atoms with Crippen molar-refractivity contribution in [1.82, 2.24) is 5.32 Å². The van der Waals surface area contributed by atoms with E-state index < -0.39 is 0 Å². The second kappa shape index (κ2) is 13.3. The van der Waals surface area contributed by atoms with Crippen molar-refractivity contribution in [1.29, 1.82) is 0 Å². The maximum absolute atomic E-state index is 12.7. The van der Waals surface area contributed by atoms with Crippen molar-refractivity contribution in [2.24, 2.45) is 4.99 Å². The molecular weight excluding hydrogens is 564 g/mol. The maximum Gasteiger partial charge on any atom is 0.264 e. The number of allylic oxidation sites excluding steroid dienone is 1. The van der Waals surface area contributed by atoms with E-state index in [1.807, 2.05) is 86.7 Å². The summed E-state index contributed by atoms with van der Waals surface area (Å²) >= 11 is 4.76. The molecule has 1 saturated heterocycles. The lowest BCUT2D eigenvalue weighted by atomic mass is 10.0. The molecule has 1 aliphatic rings. The highest BCUT2D eigenvalue weighted by Crippen LogP contribution is 2.37. The summed E-state index contributed by atoms with van der Waals surface area (Å²) in [4.78, 5) is 17.8. The molecule has 0 aliphatic carbocycles. The third-order valence-corrected chi connectivity index (χ3v) is 6.88. The highest BCUT2D eigenvalue weighted by atomic mass is 79.9. The number of hydrogen-bond acceptors (Lipinski definition) is 6. The number of hydrogen-bond donors (Lipinski definition) is 1. The Labute approximate surface area is 235 Å². The smallest absolute Gasteiger partial charge is 0.264 e. The monoisotopic (exact) mass is 592 g/mol. The van der Waals surface area contributed by atoms with E-state index in [1.54, 1.807) is 0 Å². The number of thioether (sulfide) groups is 1. The molecule has 0 bridgehead atoms. The zero-order valence-corrected chi connectivity index (χ0v) is 23.7. The minimum Gasteiger partial charge on any atom is -0.494 e. The molecule has 1 amide bonds. The van der Waals surface area contributed by atoms with Crippen LogP contribution >= 0.6 is 27.7 Å². The van der Waals surface area contributed by atoms with Crippen molar-refractivity contribution in [3.63, 3.8) is 0 Å². The van der Waals surface area contributed by atoms with Crippen LogP contribution in [-0.2, 0) is 17.8 Å². The van der Waals surface area contributed by atoms with Crippen molar-refractivity contribution < 1.29 is 19.0 Å². The Bertz CT molecular complexity index is 1350. The zero-order chi connectivity index (χ0) is 26.9. The lowest BCUT2D eigenvalue weighted by Crippen LogP contribution is -2.19. The van der Waals surface area contributed by atoms with Gasteiger partial charge in [0.1, 0.15) is 12.4 Å². The van der Waals surface area contributed by atoms with Gasteiger partial charge in [0.2, 0.25) is 0 Å². The van der Waals surface area contributed by atoms with Crippen LogP contribution in [0.2, 0.25) is 0 Å². The number of nitrogens with zero attached hydrogens (tertiary/aromatic N) is 1. The van der Waals surface area contributed by atoms with Crippen molar-refractivity contribution in [3.05, 3.63) is 99.4 Å². The molecule has 1 fully saturated rings. The van der Waals surface area contributed by atoms with Crippen molar-refractivity contribution in [2.75, 3.05) is 13.2 Å². The summed E-state index contributed by atoms with van der Waals surface area (Å²) in [5.74, 6) is 1.89. The maximum atomic E-state index is 12.7. The minimum atomic E-state index is -0.196. The first-order valence-electron chi connectivity index (χ1n) is 12.3. The van der Waals surface area contributed by atoms with Crippen LogP contribution in [0.25, 0.3) is 6.08 Å². The molecule has 0 radical (unpaired) electrons. The quantitative estimate of drug-likeness (QED) is 0.185. The molecule has 4 rings (SSSR count). The molecule has 6 nitrogen and oxygen atoms in total. The number of ether oxygens (including phenoxy) is 3. The number of rotatable bonds is 11. The van der Waals surface area contributed by atoms with E-state index in [4.69, 9.17) is 14.2 Å². The Morgan fingerprint density at radius 3 is 2.42 bits per heavy atom. The van der Waals surface area contributed by atoms with Crippen molar-refractivity contribution in [3.8, 4) is 17.2 Å². The number of amides is 1. The number of nitrogens with one attached hydrogen (secondary N) is 1. The molecule has 1 heterocycles. The fraction of sp³-hybridized carbons (Fsp3) is 0.200. The summed E-state index contributed by atoms with van der Waals surface area (Å²) in [7, 11) is 0. The van der Waals surface area contributed by atoms with Crippen LogP contribution < -0.4 is 19.5 Å². The van der Waals surface area contributed by atoms with Gasteiger partial charge in [-0.15, -0.1) is 6.58 Å². The normalized spacial score (nSPS) is 15.0. The Morgan fingerprint density at radius 2 is 1.74 bits per heavy atom. The van der Waals surface area contributed by atoms with Crippen LogP contribution in [-0.4, -0.2) is 24.3 Å². The Morgan fingerprint density at radius 1 is 1.00 bits per heavy atom. The first-order valence-corrected chi connectivity index (χ1v) is 13.9. The fourth-order valence-corrected chi connectivity index (χ4v) is 4.88. The number of aliphatic imine (C=N–C) groups is 1. The van der Waals surface area contributed by atoms with Gasteiger partial charge in [-0.25, -0.2) is 4.99 Å². The van der Waals surface area contributed by atoms with E-state index in [1.165, 1.54) is 11.8 Å². The van der Waals surface area contributed by atoms with E-state index in [0.717, 1.165) is 32.6 Å². The van der Waals surface area contributed by atoms with E-state index in [9.17, 15) is 4.79 Å². The van der Waals surface area contributed by atoms with Gasteiger partial charge in [0.25, 0.3) is 5.91 Å². The summed E-state index contributed by atoms with van der Waals surface area (Å²) in [6.45, 7) is 9.26. The average molecular weight is 594 g/mol. The van der Waals surface area contributed by atoms with Gasteiger partial charge in [-0.2, -0.15) is 0 Å². The highest BCUT2D eigenvalue weighted by molar-refractivity contribution is 9.10. The Balaban J connectivity index is 1.58. The minimum absolute atomic E-state index is 0.196. The van der Waals surface area contributed by atoms with E-state index in [2.05, 4.69) is 32.8 Å². The second-order valence-corrected chi connectivity index (χ2v) is 10.2. The number of halogens is 1. The lowest BCUT2D eigenvalue weighted by molar-refractivity contribution is -0.115. The predicted octanol–water partition coefficient (Wildman–Crippen LogP) is 7.45. The van der Waals surface area contributed by atoms with Gasteiger partial charge < -0.3 is 19.5 Å². The summed E-state index contributed by atoms with van der Waals surface area (Å²) in [6, 6.07) is 19.3. The molecule has 0 unspecified atom stereocenters. The molecule has 1 N–H and O–H groups in total.